The number of benzene rings is 1. The molecule has 59 heavy (non-hydrogen) atoms. The van der Waals surface area contributed by atoms with Gasteiger partial charge in [-0.05, 0) is 37.0 Å². The van der Waals surface area contributed by atoms with Gasteiger partial charge in [-0.25, -0.2) is 0 Å². The molecule has 1 aromatic carbocycles. The van der Waals surface area contributed by atoms with Crippen molar-refractivity contribution in [2.75, 3.05) is 132 Å². The van der Waals surface area contributed by atoms with Crippen LogP contribution in [-0.4, -0.2) is 138 Å². The van der Waals surface area contributed by atoms with Crippen molar-refractivity contribution in [3.05, 3.63) is 29.8 Å². The van der Waals surface area contributed by atoms with Crippen LogP contribution in [0.4, 0.5) is 0 Å². The van der Waals surface area contributed by atoms with E-state index in [-0.39, 0.29) is 12.6 Å². The third-order valence-corrected chi connectivity index (χ3v) is 9.44. The Morgan fingerprint density at radius 3 is 1.03 bits per heavy atom. The summed E-state index contributed by atoms with van der Waals surface area (Å²) in [5, 5.41) is 0. The van der Waals surface area contributed by atoms with Crippen LogP contribution < -0.4 is 4.74 Å². The molecule has 0 aliphatic heterocycles. The average Bonchev–Trinajstić information content (AvgIpc) is 3.25. The monoisotopic (exact) mass is 843 g/mol. The second-order valence-electron chi connectivity index (χ2n) is 14.7. The van der Waals surface area contributed by atoms with Crippen molar-refractivity contribution >= 4 is 5.97 Å². The summed E-state index contributed by atoms with van der Waals surface area (Å²) in [6, 6.07) is 8.45. The van der Waals surface area contributed by atoms with E-state index in [0.717, 1.165) is 25.0 Å². The summed E-state index contributed by atoms with van der Waals surface area (Å²) >= 11 is 0. The second kappa shape index (κ2) is 47.2. The van der Waals surface area contributed by atoms with Crippen LogP contribution in [0.2, 0.25) is 0 Å². The highest BCUT2D eigenvalue weighted by molar-refractivity contribution is 5.69. The van der Waals surface area contributed by atoms with E-state index >= 15 is 0 Å². The summed E-state index contributed by atoms with van der Waals surface area (Å²) in [6.07, 6.45) is 22.1. The van der Waals surface area contributed by atoms with E-state index in [0.29, 0.717) is 132 Å². The van der Waals surface area contributed by atoms with Crippen molar-refractivity contribution in [1.29, 1.82) is 0 Å². The fourth-order valence-electron chi connectivity index (χ4n) is 5.98. The maximum Gasteiger partial charge on any atom is 0.305 e. The van der Waals surface area contributed by atoms with Crippen LogP contribution in [0.5, 0.6) is 5.75 Å². The normalized spacial score (nSPS) is 11.4. The van der Waals surface area contributed by atoms with Gasteiger partial charge < -0.3 is 52.1 Å². The standard InChI is InChI=1S/C47H86O12/c1-3-5-7-9-11-12-14-16-18-20-47(48)59-44-42-57-40-38-55-36-34-53-32-30-51-28-26-49-25-27-50-29-31-52-33-35-54-37-39-56-41-43-58-46-23-21-45(22-24-46)19-17-15-13-10-8-6-4-2/h21-24H,3-20,25-44H2,1-2H3. The molecule has 12 heteroatoms. The van der Waals surface area contributed by atoms with Gasteiger partial charge in [0.2, 0.25) is 0 Å². The van der Waals surface area contributed by atoms with E-state index in [4.69, 9.17) is 52.1 Å². The predicted octanol–water partition coefficient (Wildman–Crippen LogP) is 8.97. The molecular weight excluding hydrogens is 757 g/mol. The molecule has 0 aliphatic rings. The summed E-state index contributed by atoms with van der Waals surface area (Å²) < 4.78 is 60.8. The van der Waals surface area contributed by atoms with E-state index in [9.17, 15) is 4.79 Å². The topological polar surface area (TPSA) is 119 Å². The minimum Gasteiger partial charge on any atom is -0.491 e. The highest BCUT2D eigenvalue weighted by atomic mass is 16.6. The van der Waals surface area contributed by atoms with Crippen LogP contribution in [0.1, 0.15) is 129 Å². The zero-order chi connectivity index (χ0) is 42.2. The minimum absolute atomic E-state index is 0.135. The molecule has 0 unspecified atom stereocenters. The van der Waals surface area contributed by atoms with Gasteiger partial charge in [0.25, 0.3) is 0 Å². The Balaban J connectivity index is 1.68. The number of aryl methyl sites for hydroxylation is 1. The van der Waals surface area contributed by atoms with Crippen LogP contribution in [0, 0.1) is 0 Å². The van der Waals surface area contributed by atoms with Gasteiger partial charge in [-0.1, -0.05) is 116 Å². The van der Waals surface area contributed by atoms with Crippen LogP contribution in [-0.2, 0) is 58.6 Å². The van der Waals surface area contributed by atoms with Crippen LogP contribution in [0.25, 0.3) is 0 Å². The quantitative estimate of drug-likeness (QED) is 0.0460. The first kappa shape index (κ1) is 55.1. The third-order valence-electron chi connectivity index (χ3n) is 9.44. The van der Waals surface area contributed by atoms with E-state index in [2.05, 4.69) is 38.1 Å². The van der Waals surface area contributed by atoms with E-state index in [1.165, 1.54) is 95.5 Å². The van der Waals surface area contributed by atoms with Crippen molar-refractivity contribution in [2.45, 2.75) is 129 Å². The number of carbonyl (C=O) groups excluding carboxylic acids is 1. The lowest BCUT2D eigenvalue weighted by atomic mass is 10.0. The molecule has 0 saturated heterocycles. The maximum atomic E-state index is 11.8. The lowest BCUT2D eigenvalue weighted by molar-refractivity contribution is -0.145. The summed E-state index contributed by atoms with van der Waals surface area (Å²) in [5.74, 6) is 0.750. The van der Waals surface area contributed by atoms with E-state index < -0.39 is 0 Å². The highest BCUT2D eigenvalue weighted by Crippen LogP contribution is 2.15. The maximum absolute atomic E-state index is 11.8. The first-order valence-corrected chi connectivity index (χ1v) is 23.3. The largest absolute Gasteiger partial charge is 0.491 e. The molecule has 1 rings (SSSR count). The molecule has 12 nitrogen and oxygen atoms in total. The zero-order valence-electron chi connectivity index (χ0n) is 37.6. The number of esters is 1. The van der Waals surface area contributed by atoms with Crippen molar-refractivity contribution in [3.63, 3.8) is 0 Å². The number of hydrogen-bond donors (Lipinski definition) is 0. The molecule has 1 aromatic rings. The highest BCUT2D eigenvalue weighted by Gasteiger charge is 2.03. The van der Waals surface area contributed by atoms with Gasteiger partial charge in [0.05, 0.1) is 119 Å². The SMILES string of the molecule is CCCCCCCCCCCC(=O)OCCOCCOCCOCCOCCOCCOCCOCCOCCOCCOc1ccc(CCCCCCCCC)cc1. The number of carbonyl (C=O) groups is 1. The summed E-state index contributed by atoms with van der Waals surface area (Å²) in [5.41, 5.74) is 1.38. The Kier molecular flexibility index (Phi) is 44.1. The fraction of sp³-hybridized carbons (Fsp3) is 0.851. The molecule has 0 spiro atoms. The summed E-state index contributed by atoms with van der Waals surface area (Å²) in [6.45, 7) is 14.2. The molecular formula is C47H86O12. The average molecular weight is 843 g/mol. The molecule has 0 aromatic heterocycles. The molecule has 0 saturated carbocycles. The zero-order valence-corrected chi connectivity index (χ0v) is 37.6. The van der Waals surface area contributed by atoms with Gasteiger partial charge in [-0.3, -0.25) is 4.79 Å². The molecule has 0 aliphatic carbocycles. The molecule has 0 fully saturated rings. The predicted molar refractivity (Wildman–Crippen MR) is 234 cm³/mol. The van der Waals surface area contributed by atoms with Gasteiger partial charge in [0, 0.05) is 6.42 Å². The lowest BCUT2D eigenvalue weighted by Crippen LogP contribution is -2.15. The Hall–Kier alpha value is -1.87. The van der Waals surface area contributed by atoms with Crippen molar-refractivity contribution < 1.29 is 56.9 Å². The van der Waals surface area contributed by atoms with Crippen molar-refractivity contribution in [3.8, 4) is 5.75 Å². The molecule has 0 radical (unpaired) electrons. The Morgan fingerprint density at radius 1 is 0.356 bits per heavy atom. The fourth-order valence-corrected chi connectivity index (χ4v) is 5.98. The van der Waals surface area contributed by atoms with E-state index in [1.54, 1.807) is 0 Å². The van der Waals surface area contributed by atoms with Gasteiger partial charge in [0.1, 0.15) is 19.0 Å². The summed E-state index contributed by atoms with van der Waals surface area (Å²) in [7, 11) is 0. The second-order valence-corrected chi connectivity index (χ2v) is 14.7. The van der Waals surface area contributed by atoms with Crippen LogP contribution in [0.3, 0.4) is 0 Å². The summed E-state index contributed by atoms with van der Waals surface area (Å²) in [4.78, 5) is 11.8. The van der Waals surface area contributed by atoms with Gasteiger partial charge >= 0.3 is 5.97 Å². The molecule has 0 heterocycles. The number of ether oxygens (including phenoxy) is 11. The van der Waals surface area contributed by atoms with Gasteiger partial charge in [-0.2, -0.15) is 0 Å². The van der Waals surface area contributed by atoms with Crippen molar-refractivity contribution in [1.82, 2.24) is 0 Å². The molecule has 0 bridgehead atoms. The van der Waals surface area contributed by atoms with Crippen LogP contribution in [0.15, 0.2) is 24.3 Å². The first-order chi connectivity index (χ1) is 29.3. The molecule has 0 atom stereocenters. The van der Waals surface area contributed by atoms with Gasteiger partial charge in [0.15, 0.2) is 0 Å². The Bertz CT molecular complexity index is 967. The number of unbranched alkanes of at least 4 members (excludes halogenated alkanes) is 14. The van der Waals surface area contributed by atoms with Gasteiger partial charge in [-0.15, -0.1) is 0 Å². The lowest BCUT2D eigenvalue weighted by Gasteiger charge is -2.09. The minimum atomic E-state index is -0.135. The first-order valence-electron chi connectivity index (χ1n) is 23.3. The van der Waals surface area contributed by atoms with Crippen molar-refractivity contribution in [2.24, 2.45) is 0 Å². The molecule has 0 amide bonds. The van der Waals surface area contributed by atoms with E-state index in [1.807, 2.05) is 0 Å². The molecule has 346 valence electrons. The Labute approximate surface area is 359 Å². The third kappa shape index (κ3) is 42.6. The van der Waals surface area contributed by atoms with Crippen LogP contribution >= 0.6 is 0 Å². The molecule has 0 N–H and O–H groups in total. The Morgan fingerprint density at radius 2 is 0.661 bits per heavy atom. The smallest absolute Gasteiger partial charge is 0.305 e. The number of hydrogen-bond acceptors (Lipinski definition) is 12. The number of rotatable bonds is 49.